The van der Waals surface area contributed by atoms with Crippen molar-refractivity contribution in [3.8, 4) is 10.6 Å². The summed E-state index contributed by atoms with van der Waals surface area (Å²) in [4.78, 5) is 33.1. The van der Waals surface area contributed by atoms with Crippen molar-refractivity contribution in [2.45, 2.75) is 19.9 Å². The van der Waals surface area contributed by atoms with Crippen molar-refractivity contribution in [3.05, 3.63) is 98.9 Å². The van der Waals surface area contributed by atoms with Crippen LogP contribution in [-0.2, 0) is 4.79 Å². The van der Waals surface area contributed by atoms with Gasteiger partial charge in [0.2, 0.25) is 5.78 Å². The first-order valence-corrected chi connectivity index (χ1v) is 11.6. The van der Waals surface area contributed by atoms with Gasteiger partial charge in [-0.15, -0.1) is 11.3 Å². The zero-order valence-corrected chi connectivity index (χ0v) is 19.7. The maximum atomic E-state index is 13.8. The molecule has 34 heavy (non-hydrogen) atoms. The standard InChI is InChI=1S/C25H18ClN3O4S/c1-13-12-18(28-33-13)29-20(15-8-10-17(26)11-9-15)19(22(31)25(29)32)21(30)23-14(2)27-24(34-23)16-6-4-3-5-7-16/h3-12,20,31H,1-2H3. The second-order valence-corrected chi connectivity index (χ2v) is 9.25. The number of rotatable bonds is 5. The summed E-state index contributed by atoms with van der Waals surface area (Å²) >= 11 is 7.29. The van der Waals surface area contributed by atoms with Gasteiger partial charge in [-0.1, -0.05) is 59.2 Å². The van der Waals surface area contributed by atoms with Gasteiger partial charge in [-0.05, 0) is 31.5 Å². The topological polar surface area (TPSA) is 96.5 Å². The average molecular weight is 492 g/mol. The molecule has 0 fully saturated rings. The summed E-state index contributed by atoms with van der Waals surface area (Å²) in [5.74, 6) is -1.14. The molecule has 1 aliphatic heterocycles. The molecule has 1 atom stereocenters. The second kappa shape index (κ2) is 8.55. The van der Waals surface area contributed by atoms with Crippen molar-refractivity contribution in [3.63, 3.8) is 0 Å². The van der Waals surface area contributed by atoms with E-state index in [9.17, 15) is 14.7 Å². The third kappa shape index (κ3) is 3.70. The van der Waals surface area contributed by atoms with Gasteiger partial charge < -0.3 is 9.63 Å². The molecular weight excluding hydrogens is 474 g/mol. The maximum Gasteiger partial charge on any atom is 0.295 e. The number of benzene rings is 2. The van der Waals surface area contributed by atoms with Crippen LogP contribution in [0.15, 0.2) is 76.5 Å². The van der Waals surface area contributed by atoms with Gasteiger partial charge in [0, 0.05) is 16.7 Å². The lowest BCUT2D eigenvalue weighted by molar-refractivity contribution is -0.117. The monoisotopic (exact) mass is 491 g/mol. The molecule has 1 amide bonds. The predicted molar refractivity (Wildman–Crippen MR) is 129 cm³/mol. The van der Waals surface area contributed by atoms with Gasteiger partial charge in [-0.3, -0.25) is 14.5 Å². The summed E-state index contributed by atoms with van der Waals surface area (Å²) in [5, 5.41) is 16.0. The number of aliphatic hydroxyl groups is 1. The molecule has 2 aromatic carbocycles. The minimum atomic E-state index is -0.913. The Balaban J connectivity index is 1.63. The third-order valence-electron chi connectivity index (χ3n) is 5.52. The minimum absolute atomic E-state index is 0.0423. The van der Waals surface area contributed by atoms with E-state index < -0.39 is 23.5 Å². The molecular formula is C25H18ClN3O4S. The first kappa shape index (κ1) is 22.1. The second-order valence-electron chi connectivity index (χ2n) is 7.82. The molecule has 170 valence electrons. The summed E-state index contributed by atoms with van der Waals surface area (Å²) in [6.07, 6.45) is 0. The third-order valence-corrected chi connectivity index (χ3v) is 6.98. The molecule has 1 aliphatic rings. The van der Waals surface area contributed by atoms with Crippen molar-refractivity contribution >= 4 is 40.4 Å². The van der Waals surface area contributed by atoms with Gasteiger partial charge >= 0.3 is 0 Å². The van der Waals surface area contributed by atoms with Crippen LogP contribution in [0.3, 0.4) is 0 Å². The largest absolute Gasteiger partial charge is 0.503 e. The van der Waals surface area contributed by atoms with Crippen LogP contribution in [0.5, 0.6) is 0 Å². The van der Waals surface area contributed by atoms with E-state index in [4.69, 9.17) is 16.1 Å². The number of amides is 1. The lowest BCUT2D eigenvalue weighted by Gasteiger charge is -2.24. The van der Waals surface area contributed by atoms with E-state index in [1.807, 2.05) is 30.3 Å². The van der Waals surface area contributed by atoms with Crippen LogP contribution in [0.2, 0.25) is 5.02 Å². The smallest absolute Gasteiger partial charge is 0.295 e. The minimum Gasteiger partial charge on any atom is -0.503 e. The van der Waals surface area contributed by atoms with Gasteiger partial charge in [0.1, 0.15) is 10.8 Å². The number of anilines is 1. The Morgan fingerprint density at radius 2 is 1.82 bits per heavy atom. The zero-order valence-electron chi connectivity index (χ0n) is 18.2. The first-order valence-electron chi connectivity index (χ1n) is 10.4. The van der Waals surface area contributed by atoms with Crippen molar-refractivity contribution in [2.24, 2.45) is 0 Å². The van der Waals surface area contributed by atoms with E-state index >= 15 is 0 Å². The fraction of sp³-hybridized carbons (Fsp3) is 0.120. The van der Waals surface area contributed by atoms with Crippen LogP contribution < -0.4 is 4.90 Å². The van der Waals surface area contributed by atoms with E-state index in [0.717, 1.165) is 5.56 Å². The summed E-state index contributed by atoms with van der Waals surface area (Å²) < 4.78 is 5.16. The van der Waals surface area contributed by atoms with Gasteiger partial charge in [0.25, 0.3) is 5.91 Å². The Morgan fingerprint density at radius 3 is 2.47 bits per heavy atom. The SMILES string of the molecule is Cc1cc(N2C(=O)C(O)=C(C(=O)c3sc(-c4ccccc4)nc3C)C2c2ccc(Cl)cc2)no1. The molecule has 1 N–H and O–H groups in total. The number of aromatic nitrogens is 2. The van der Waals surface area contributed by atoms with Crippen LogP contribution in [0.4, 0.5) is 5.82 Å². The van der Waals surface area contributed by atoms with Crippen LogP contribution in [0, 0.1) is 13.8 Å². The van der Waals surface area contributed by atoms with E-state index in [1.165, 1.54) is 16.2 Å². The van der Waals surface area contributed by atoms with Gasteiger partial charge in [0.15, 0.2) is 11.6 Å². The highest BCUT2D eigenvalue weighted by Crippen LogP contribution is 2.43. The summed E-state index contributed by atoms with van der Waals surface area (Å²) in [6.45, 7) is 3.43. The first-order chi connectivity index (χ1) is 16.3. The number of hydrogen-bond acceptors (Lipinski definition) is 7. The van der Waals surface area contributed by atoms with E-state index in [-0.39, 0.29) is 11.4 Å². The van der Waals surface area contributed by atoms with Crippen LogP contribution in [-0.4, -0.2) is 26.9 Å². The lowest BCUT2D eigenvalue weighted by atomic mass is 9.95. The number of aliphatic hydroxyl groups excluding tert-OH is 1. The molecule has 4 aromatic rings. The van der Waals surface area contributed by atoms with Gasteiger partial charge in [-0.25, -0.2) is 4.98 Å². The fourth-order valence-corrected chi connectivity index (χ4v) is 5.09. The summed E-state index contributed by atoms with van der Waals surface area (Å²) in [6, 6.07) is 16.9. The highest BCUT2D eigenvalue weighted by molar-refractivity contribution is 7.17. The van der Waals surface area contributed by atoms with Crippen molar-refractivity contribution in [2.75, 3.05) is 4.90 Å². The van der Waals surface area contributed by atoms with Gasteiger partial charge in [0.05, 0.1) is 22.2 Å². The normalized spacial score (nSPS) is 15.9. The highest BCUT2D eigenvalue weighted by atomic mass is 35.5. The molecule has 0 saturated heterocycles. The molecule has 0 aliphatic carbocycles. The molecule has 7 nitrogen and oxygen atoms in total. The van der Waals surface area contributed by atoms with Crippen LogP contribution in [0.1, 0.15) is 32.7 Å². The quantitative estimate of drug-likeness (QED) is 0.352. The summed E-state index contributed by atoms with van der Waals surface area (Å²) in [7, 11) is 0. The number of nitrogens with zero attached hydrogens (tertiary/aromatic N) is 3. The van der Waals surface area contributed by atoms with Crippen LogP contribution in [0.25, 0.3) is 10.6 Å². The van der Waals surface area contributed by atoms with E-state index in [0.29, 0.717) is 31.9 Å². The molecule has 0 bridgehead atoms. The number of carbonyl (C=O) groups is 2. The average Bonchev–Trinajstić information content (AvgIpc) is 3.51. The number of thiazole rings is 1. The number of aryl methyl sites for hydroxylation is 2. The Labute approximate surface area is 203 Å². The van der Waals surface area contributed by atoms with Crippen molar-refractivity contribution in [1.29, 1.82) is 0 Å². The Bertz CT molecular complexity index is 1440. The predicted octanol–water partition coefficient (Wildman–Crippen LogP) is 5.85. The number of halogens is 1. The molecule has 5 rings (SSSR count). The van der Waals surface area contributed by atoms with Crippen LogP contribution >= 0.6 is 22.9 Å². The zero-order chi connectivity index (χ0) is 24.0. The number of carbonyl (C=O) groups excluding carboxylic acids is 2. The Hall–Kier alpha value is -3.75. The molecule has 0 radical (unpaired) electrons. The number of hydrogen-bond donors (Lipinski definition) is 1. The summed E-state index contributed by atoms with van der Waals surface area (Å²) in [5.41, 5.74) is 1.95. The molecule has 0 spiro atoms. The molecule has 1 unspecified atom stereocenters. The molecule has 0 saturated carbocycles. The maximum absolute atomic E-state index is 13.8. The van der Waals surface area contributed by atoms with E-state index in [1.54, 1.807) is 44.2 Å². The lowest BCUT2D eigenvalue weighted by Crippen LogP contribution is -2.31. The molecule has 3 heterocycles. The van der Waals surface area contributed by atoms with E-state index in [2.05, 4.69) is 10.1 Å². The van der Waals surface area contributed by atoms with Crippen molar-refractivity contribution in [1.82, 2.24) is 10.1 Å². The number of ketones is 1. The van der Waals surface area contributed by atoms with Crippen molar-refractivity contribution < 1.29 is 19.2 Å². The Morgan fingerprint density at radius 1 is 1.12 bits per heavy atom. The number of Topliss-reactive ketones (excluding diaryl/α,β-unsaturated/α-hetero) is 1. The molecule has 9 heteroatoms. The molecule has 2 aromatic heterocycles. The highest BCUT2D eigenvalue weighted by Gasteiger charge is 2.46. The Kier molecular flexibility index (Phi) is 5.55. The fourth-order valence-electron chi connectivity index (χ4n) is 3.93. The van der Waals surface area contributed by atoms with Gasteiger partial charge in [-0.2, -0.15) is 0 Å².